The van der Waals surface area contributed by atoms with Crippen LogP contribution in [0.5, 0.6) is 0 Å². The number of carbonyl (C=O) groups excluding carboxylic acids is 1. The Morgan fingerprint density at radius 2 is 2.27 bits per heavy atom. The summed E-state index contributed by atoms with van der Waals surface area (Å²) in [5.74, 6) is 0.863. The summed E-state index contributed by atoms with van der Waals surface area (Å²) in [5.41, 5.74) is 0. The van der Waals surface area contributed by atoms with E-state index in [2.05, 4.69) is 19.2 Å². The van der Waals surface area contributed by atoms with Crippen molar-refractivity contribution in [2.45, 2.75) is 33.2 Å². The summed E-state index contributed by atoms with van der Waals surface area (Å²) in [5, 5.41) is 3.10. The minimum Gasteiger partial charge on any atom is -0.380 e. The lowest BCUT2D eigenvalue weighted by Gasteiger charge is -2.15. The molecule has 1 atom stereocenters. The highest BCUT2D eigenvalue weighted by Gasteiger charge is 2.26. The van der Waals surface area contributed by atoms with Crippen molar-refractivity contribution in [3.05, 3.63) is 0 Å². The van der Waals surface area contributed by atoms with Crippen LogP contribution >= 0.6 is 0 Å². The largest absolute Gasteiger partial charge is 0.380 e. The summed E-state index contributed by atoms with van der Waals surface area (Å²) in [6, 6.07) is -0.0272. The van der Waals surface area contributed by atoms with Crippen LogP contribution in [0.2, 0.25) is 0 Å². The second-order valence-corrected chi connectivity index (χ2v) is 4.48. The van der Waals surface area contributed by atoms with Crippen LogP contribution in [0.25, 0.3) is 0 Å². The third kappa shape index (κ3) is 4.18. The molecular weight excluding hydrogens is 192 g/mol. The summed E-state index contributed by atoms with van der Waals surface area (Å²) >= 11 is 0. The molecule has 1 aliphatic heterocycles. The van der Waals surface area contributed by atoms with E-state index < -0.39 is 0 Å². The molecule has 0 saturated carbocycles. The van der Waals surface area contributed by atoms with E-state index in [0.29, 0.717) is 25.7 Å². The van der Waals surface area contributed by atoms with E-state index in [1.54, 1.807) is 4.90 Å². The quantitative estimate of drug-likeness (QED) is 0.666. The molecule has 1 rings (SSSR count). The molecule has 1 N–H and O–H groups in total. The number of ether oxygens (including phenoxy) is 1. The Morgan fingerprint density at radius 1 is 1.53 bits per heavy atom. The molecule has 1 aliphatic rings. The molecule has 15 heavy (non-hydrogen) atoms. The third-order valence-electron chi connectivity index (χ3n) is 2.62. The fraction of sp³-hybridized carbons (Fsp3) is 0.909. The molecule has 88 valence electrons. The third-order valence-corrected chi connectivity index (χ3v) is 2.62. The predicted molar refractivity (Wildman–Crippen MR) is 59.5 cm³/mol. The van der Waals surface area contributed by atoms with Gasteiger partial charge in [0.2, 0.25) is 5.91 Å². The molecule has 0 aliphatic carbocycles. The standard InChI is InChI=1S/C11H22N2O2/c1-9(2)4-6-15-7-5-13-8-12-10(3)11(13)14/h9-10,12H,4-8H2,1-3H3. The highest BCUT2D eigenvalue weighted by atomic mass is 16.5. The Morgan fingerprint density at radius 3 is 2.80 bits per heavy atom. The zero-order chi connectivity index (χ0) is 11.3. The van der Waals surface area contributed by atoms with E-state index in [0.717, 1.165) is 13.0 Å². The van der Waals surface area contributed by atoms with Crippen LogP contribution in [0.15, 0.2) is 0 Å². The second-order valence-electron chi connectivity index (χ2n) is 4.48. The SMILES string of the molecule is CC(C)CCOCCN1CNC(C)C1=O. The van der Waals surface area contributed by atoms with Gasteiger partial charge in [-0.1, -0.05) is 13.8 Å². The van der Waals surface area contributed by atoms with Crippen LogP contribution in [-0.4, -0.2) is 43.3 Å². The van der Waals surface area contributed by atoms with Gasteiger partial charge in [-0.15, -0.1) is 0 Å². The fourth-order valence-electron chi connectivity index (χ4n) is 1.47. The number of hydrogen-bond acceptors (Lipinski definition) is 3. The Kier molecular flexibility index (Phi) is 5.05. The topological polar surface area (TPSA) is 41.6 Å². The number of nitrogens with one attached hydrogen (secondary N) is 1. The first-order valence-corrected chi connectivity index (χ1v) is 5.71. The maximum Gasteiger partial charge on any atom is 0.240 e. The van der Waals surface area contributed by atoms with Gasteiger partial charge in [-0.25, -0.2) is 0 Å². The van der Waals surface area contributed by atoms with Gasteiger partial charge in [-0.3, -0.25) is 10.1 Å². The lowest BCUT2D eigenvalue weighted by atomic mass is 10.1. The first-order chi connectivity index (χ1) is 7.11. The molecule has 1 heterocycles. The number of carbonyl (C=O) groups is 1. The first-order valence-electron chi connectivity index (χ1n) is 5.71. The smallest absolute Gasteiger partial charge is 0.240 e. The maximum absolute atomic E-state index is 11.5. The van der Waals surface area contributed by atoms with Gasteiger partial charge in [0.15, 0.2) is 0 Å². The van der Waals surface area contributed by atoms with Crippen molar-refractivity contribution in [1.82, 2.24) is 10.2 Å². The molecule has 1 saturated heterocycles. The van der Waals surface area contributed by atoms with Gasteiger partial charge in [0, 0.05) is 13.2 Å². The highest BCUT2D eigenvalue weighted by molar-refractivity contribution is 5.83. The highest BCUT2D eigenvalue weighted by Crippen LogP contribution is 2.03. The van der Waals surface area contributed by atoms with Gasteiger partial charge in [0.05, 0.1) is 19.3 Å². The Labute approximate surface area is 92.0 Å². The minimum absolute atomic E-state index is 0.0272. The molecule has 0 radical (unpaired) electrons. The number of amides is 1. The number of nitrogens with zero attached hydrogens (tertiary/aromatic N) is 1. The normalized spacial score (nSPS) is 21.7. The van der Waals surface area contributed by atoms with Crippen LogP contribution in [-0.2, 0) is 9.53 Å². The molecule has 1 unspecified atom stereocenters. The van der Waals surface area contributed by atoms with Gasteiger partial charge in [0.25, 0.3) is 0 Å². The lowest BCUT2D eigenvalue weighted by Crippen LogP contribution is -2.31. The van der Waals surface area contributed by atoms with Gasteiger partial charge < -0.3 is 9.64 Å². The summed E-state index contributed by atoms with van der Waals surface area (Å²) < 4.78 is 5.47. The molecule has 0 aromatic carbocycles. The van der Waals surface area contributed by atoms with E-state index in [4.69, 9.17) is 4.74 Å². The van der Waals surface area contributed by atoms with Gasteiger partial charge in [-0.2, -0.15) is 0 Å². The van der Waals surface area contributed by atoms with Gasteiger partial charge >= 0.3 is 0 Å². The fourth-order valence-corrected chi connectivity index (χ4v) is 1.47. The molecular formula is C11H22N2O2. The molecule has 1 amide bonds. The molecule has 4 nitrogen and oxygen atoms in total. The first kappa shape index (κ1) is 12.5. The number of hydrogen-bond donors (Lipinski definition) is 1. The second kappa shape index (κ2) is 6.08. The zero-order valence-electron chi connectivity index (χ0n) is 9.95. The Balaban J connectivity index is 2.03. The summed E-state index contributed by atoms with van der Waals surface area (Å²) in [4.78, 5) is 13.3. The van der Waals surface area contributed by atoms with Crippen molar-refractivity contribution in [1.29, 1.82) is 0 Å². The van der Waals surface area contributed by atoms with Crippen molar-refractivity contribution in [2.75, 3.05) is 26.4 Å². The summed E-state index contributed by atoms with van der Waals surface area (Å²) in [6.45, 7) is 9.05. The minimum atomic E-state index is -0.0272. The molecule has 4 heteroatoms. The van der Waals surface area contributed by atoms with Gasteiger partial charge in [0.1, 0.15) is 0 Å². The number of rotatable bonds is 6. The Hall–Kier alpha value is -0.610. The average molecular weight is 214 g/mol. The van der Waals surface area contributed by atoms with E-state index >= 15 is 0 Å². The maximum atomic E-state index is 11.5. The average Bonchev–Trinajstić information content (AvgIpc) is 2.48. The van der Waals surface area contributed by atoms with Crippen molar-refractivity contribution in [3.8, 4) is 0 Å². The zero-order valence-corrected chi connectivity index (χ0v) is 9.95. The van der Waals surface area contributed by atoms with Crippen LogP contribution < -0.4 is 5.32 Å². The van der Waals surface area contributed by atoms with Crippen molar-refractivity contribution in [2.24, 2.45) is 5.92 Å². The van der Waals surface area contributed by atoms with Crippen LogP contribution in [0.1, 0.15) is 27.2 Å². The van der Waals surface area contributed by atoms with Crippen molar-refractivity contribution >= 4 is 5.91 Å². The van der Waals surface area contributed by atoms with E-state index in [-0.39, 0.29) is 11.9 Å². The lowest BCUT2D eigenvalue weighted by molar-refractivity contribution is -0.129. The summed E-state index contributed by atoms with van der Waals surface area (Å²) in [6.07, 6.45) is 1.09. The van der Waals surface area contributed by atoms with Crippen LogP contribution in [0.4, 0.5) is 0 Å². The molecule has 1 fully saturated rings. The van der Waals surface area contributed by atoms with E-state index in [9.17, 15) is 4.79 Å². The molecule has 0 bridgehead atoms. The van der Waals surface area contributed by atoms with Crippen molar-refractivity contribution in [3.63, 3.8) is 0 Å². The van der Waals surface area contributed by atoms with E-state index in [1.807, 2.05) is 6.92 Å². The van der Waals surface area contributed by atoms with Crippen molar-refractivity contribution < 1.29 is 9.53 Å². The van der Waals surface area contributed by atoms with Crippen LogP contribution in [0.3, 0.4) is 0 Å². The van der Waals surface area contributed by atoms with Crippen LogP contribution in [0, 0.1) is 5.92 Å². The molecule has 0 aromatic rings. The predicted octanol–water partition coefficient (Wildman–Crippen LogP) is 0.827. The summed E-state index contributed by atoms with van der Waals surface area (Å²) in [7, 11) is 0. The van der Waals surface area contributed by atoms with Gasteiger partial charge in [-0.05, 0) is 19.3 Å². The molecule has 0 aromatic heterocycles. The monoisotopic (exact) mass is 214 g/mol. The molecule has 0 spiro atoms. The Bertz CT molecular complexity index is 207. The van der Waals surface area contributed by atoms with E-state index in [1.165, 1.54) is 0 Å².